The molecule has 2 heterocycles. The smallest absolute Gasteiger partial charge is 0.236 e. The van der Waals surface area contributed by atoms with Crippen molar-refractivity contribution in [3.63, 3.8) is 0 Å². The normalized spacial score (nSPS) is 12.0. The van der Waals surface area contributed by atoms with Gasteiger partial charge in [-0.1, -0.05) is 23.9 Å². The van der Waals surface area contributed by atoms with Crippen LogP contribution in [-0.4, -0.2) is 31.4 Å². The van der Waals surface area contributed by atoms with E-state index in [0.717, 1.165) is 11.3 Å². The Bertz CT molecular complexity index is 879. The van der Waals surface area contributed by atoms with E-state index in [1.165, 1.54) is 23.1 Å². The molecule has 0 spiro atoms. The van der Waals surface area contributed by atoms with Gasteiger partial charge in [-0.2, -0.15) is 0 Å². The number of hydrogen-bond acceptors (Lipinski definition) is 7. The highest BCUT2D eigenvalue weighted by Crippen LogP contribution is 2.24. The minimum Gasteiger partial charge on any atom is -0.483 e. The van der Waals surface area contributed by atoms with Gasteiger partial charge in [-0.25, -0.2) is 4.98 Å². The van der Waals surface area contributed by atoms with Crippen molar-refractivity contribution in [2.45, 2.75) is 25.1 Å². The number of nitrogens with zero attached hydrogens (tertiary/aromatic N) is 4. The van der Waals surface area contributed by atoms with Gasteiger partial charge in [-0.05, 0) is 31.5 Å². The summed E-state index contributed by atoms with van der Waals surface area (Å²) in [7, 11) is 1.87. The topological polar surface area (TPSA) is 81.9 Å². The van der Waals surface area contributed by atoms with Crippen molar-refractivity contribution in [3.05, 3.63) is 47.2 Å². The molecule has 0 unspecified atom stereocenters. The Morgan fingerprint density at radius 1 is 1.42 bits per heavy atom. The fourth-order valence-corrected chi connectivity index (χ4v) is 3.59. The SMILES string of the molecule is Cc1cccc(O[C@@H](C)c2nnc(SCC(=O)Nc3nccs3)n2C)c1. The summed E-state index contributed by atoms with van der Waals surface area (Å²) in [6, 6.07) is 7.87. The molecule has 1 aromatic carbocycles. The summed E-state index contributed by atoms with van der Waals surface area (Å²) in [5, 5.41) is 14.2. The number of aryl methyl sites for hydroxylation is 1. The molecule has 0 bridgehead atoms. The van der Waals surface area contributed by atoms with E-state index < -0.39 is 0 Å². The molecule has 0 aliphatic heterocycles. The van der Waals surface area contributed by atoms with Gasteiger partial charge >= 0.3 is 0 Å². The zero-order valence-corrected chi connectivity index (χ0v) is 16.3. The summed E-state index contributed by atoms with van der Waals surface area (Å²) in [5.74, 6) is 1.60. The third-order valence-electron chi connectivity index (χ3n) is 3.55. The number of aromatic nitrogens is 4. The molecule has 0 fully saturated rings. The summed E-state index contributed by atoms with van der Waals surface area (Å²) in [6.45, 7) is 3.95. The second-order valence-electron chi connectivity index (χ2n) is 5.65. The van der Waals surface area contributed by atoms with Gasteiger partial charge in [0.05, 0.1) is 5.75 Å². The Kier molecular flexibility index (Phi) is 5.89. The van der Waals surface area contributed by atoms with Crippen molar-refractivity contribution in [1.82, 2.24) is 19.7 Å². The number of carbonyl (C=O) groups is 1. The number of hydrogen-bond donors (Lipinski definition) is 1. The maximum atomic E-state index is 12.0. The van der Waals surface area contributed by atoms with Crippen molar-refractivity contribution < 1.29 is 9.53 Å². The number of ether oxygens (including phenoxy) is 1. The zero-order valence-electron chi connectivity index (χ0n) is 14.7. The van der Waals surface area contributed by atoms with Crippen LogP contribution in [0.3, 0.4) is 0 Å². The van der Waals surface area contributed by atoms with E-state index in [4.69, 9.17) is 4.74 Å². The van der Waals surface area contributed by atoms with Gasteiger partial charge in [0.2, 0.25) is 5.91 Å². The summed E-state index contributed by atoms with van der Waals surface area (Å²) < 4.78 is 7.80. The molecule has 0 aliphatic rings. The van der Waals surface area contributed by atoms with Crippen LogP contribution in [0.5, 0.6) is 5.75 Å². The lowest BCUT2D eigenvalue weighted by Crippen LogP contribution is -2.14. The molecule has 0 saturated heterocycles. The number of carbonyl (C=O) groups excluding carboxylic acids is 1. The quantitative estimate of drug-likeness (QED) is 0.623. The van der Waals surface area contributed by atoms with E-state index in [1.54, 1.807) is 6.20 Å². The molecule has 0 saturated carbocycles. The van der Waals surface area contributed by atoms with Crippen LogP contribution in [0.4, 0.5) is 5.13 Å². The monoisotopic (exact) mass is 389 g/mol. The van der Waals surface area contributed by atoms with Gasteiger partial charge in [-0.3, -0.25) is 4.79 Å². The third-order valence-corrected chi connectivity index (χ3v) is 5.25. The maximum Gasteiger partial charge on any atom is 0.236 e. The van der Waals surface area contributed by atoms with E-state index in [-0.39, 0.29) is 17.8 Å². The van der Waals surface area contributed by atoms with Crippen LogP contribution in [0.25, 0.3) is 0 Å². The van der Waals surface area contributed by atoms with Crippen molar-refractivity contribution in [1.29, 1.82) is 0 Å². The first-order chi connectivity index (χ1) is 12.5. The van der Waals surface area contributed by atoms with Gasteiger partial charge < -0.3 is 14.6 Å². The lowest BCUT2D eigenvalue weighted by Gasteiger charge is -2.14. The molecular weight excluding hydrogens is 370 g/mol. The number of anilines is 1. The van der Waals surface area contributed by atoms with Crippen LogP contribution in [0.15, 0.2) is 41.0 Å². The largest absolute Gasteiger partial charge is 0.483 e. The Labute approximate surface area is 159 Å². The van der Waals surface area contributed by atoms with E-state index in [1.807, 2.05) is 55.1 Å². The fraction of sp³-hybridized carbons (Fsp3) is 0.294. The van der Waals surface area contributed by atoms with Crippen molar-refractivity contribution in [2.24, 2.45) is 7.05 Å². The van der Waals surface area contributed by atoms with Gasteiger partial charge in [0.1, 0.15) is 5.75 Å². The average Bonchev–Trinajstić information content (AvgIpc) is 3.23. The van der Waals surface area contributed by atoms with Crippen LogP contribution >= 0.6 is 23.1 Å². The molecule has 0 aliphatic carbocycles. The van der Waals surface area contributed by atoms with Crippen molar-refractivity contribution >= 4 is 34.1 Å². The number of thiazole rings is 1. The molecule has 2 aromatic heterocycles. The van der Waals surface area contributed by atoms with E-state index in [2.05, 4.69) is 20.5 Å². The third kappa shape index (κ3) is 4.61. The van der Waals surface area contributed by atoms with Gasteiger partial charge in [0, 0.05) is 18.6 Å². The fourth-order valence-electron chi connectivity index (χ4n) is 2.32. The van der Waals surface area contributed by atoms with Crippen LogP contribution in [0.1, 0.15) is 24.4 Å². The van der Waals surface area contributed by atoms with E-state index in [0.29, 0.717) is 16.1 Å². The van der Waals surface area contributed by atoms with Crippen LogP contribution < -0.4 is 10.1 Å². The molecule has 1 N–H and O–H groups in total. The van der Waals surface area contributed by atoms with Crippen LogP contribution in [0.2, 0.25) is 0 Å². The second kappa shape index (κ2) is 8.33. The number of nitrogens with one attached hydrogen (secondary N) is 1. The Morgan fingerprint density at radius 2 is 2.27 bits per heavy atom. The average molecular weight is 390 g/mol. The predicted octanol–water partition coefficient (Wildman–Crippen LogP) is 3.45. The predicted molar refractivity (Wildman–Crippen MR) is 103 cm³/mol. The lowest BCUT2D eigenvalue weighted by molar-refractivity contribution is -0.113. The van der Waals surface area contributed by atoms with Gasteiger partial charge in [0.15, 0.2) is 22.2 Å². The molecule has 26 heavy (non-hydrogen) atoms. The highest BCUT2D eigenvalue weighted by molar-refractivity contribution is 7.99. The second-order valence-corrected chi connectivity index (χ2v) is 7.49. The number of benzene rings is 1. The highest BCUT2D eigenvalue weighted by atomic mass is 32.2. The minimum atomic E-state index is -0.257. The Hall–Kier alpha value is -2.39. The molecule has 9 heteroatoms. The molecule has 136 valence electrons. The maximum absolute atomic E-state index is 12.0. The summed E-state index contributed by atoms with van der Waals surface area (Å²) in [5.41, 5.74) is 1.13. The Balaban J connectivity index is 1.59. The molecule has 1 amide bonds. The first-order valence-electron chi connectivity index (χ1n) is 7.97. The molecule has 7 nitrogen and oxygen atoms in total. The number of amides is 1. The first-order valence-corrected chi connectivity index (χ1v) is 9.84. The first kappa shape index (κ1) is 18.4. The molecule has 3 aromatic rings. The number of rotatable bonds is 7. The highest BCUT2D eigenvalue weighted by Gasteiger charge is 2.18. The summed E-state index contributed by atoms with van der Waals surface area (Å²) in [4.78, 5) is 16.0. The Morgan fingerprint density at radius 3 is 3.00 bits per heavy atom. The zero-order chi connectivity index (χ0) is 18.5. The molecule has 1 atom stereocenters. The standard InChI is InChI=1S/C17H19N5O2S2/c1-11-5-4-6-13(9-11)24-12(2)15-20-21-17(22(15)3)26-10-14(23)19-16-18-7-8-25-16/h4-9,12H,10H2,1-3H3,(H,18,19,23)/t12-/m0/s1. The van der Waals surface area contributed by atoms with E-state index in [9.17, 15) is 4.79 Å². The van der Waals surface area contributed by atoms with Crippen LogP contribution in [-0.2, 0) is 11.8 Å². The van der Waals surface area contributed by atoms with Gasteiger partial charge in [-0.15, -0.1) is 21.5 Å². The molecular formula is C17H19N5O2S2. The van der Waals surface area contributed by atoms with Crippen molar-refractivity contribution in [3.8, 4) is 5.75 Å². The lowest BCUT2D eigenvalue weighted by atomic mass is 10.2. The summed E-state index contributed by atoms with van der Waals surface area (Å²) >= 11 is 2.71. The van der Waals surface area contributed by atoms with Gasteiger partial charge in [0.25, 0.3) is 0 Å². The minimum absolute atomic E-state index is 0.126. The van der Waals surface area contributed by atoms with Crippen molar-refractivity contribution in [2.75, 3.05) is 11.1 Å². The van der Waals surface area contributed by atoms with Crippen LogP contribution in [0, 0.1) is 6.92 Å². The molecule has 3 rings (SSSR count). The van der Waals surface area contributed by atoms with E-state index >= 15 is 0 Å². The summed E-state index contributed by atoms with van der Waals surface area (Å²) in [6.07, 6.45) is 1.39. The molecule has 0 radical (unpaired) electrons. The number of thioether (sulfide) groups is 1.